The van der Waals surface area contributed by atoms with Crippen LogP contribution in [0.3, 0.4) is 0 Å². The Balaban J connectivity index is 2.42. The highest BCUT2D eigenvalue weighted by atomic mass is 15.1. The zero-order chi connectivity index (χ0) is 14.3. The first-order valence-corrected chi connectivity index (χ1v) is 6.74. The van der Waals surface area contributed by atoms with E-state index in [2.05, 4.69) is 37.2 Å². The molecule has 0 aromatic heterocycles. The molecule has 0 saturated carbocycles. The number of anilines is 2. The Labute approximate surface area is 116 Å². The van der Waals surface area contributed by atoms with Crippen LogP contribution in [0.2, 0.25) is 0 Å². The number of hydrogen-bond acceptors (Lipinski definition) is 4. The lowest BCUT2D eigenvalue weighted by atomic mass is 10.1. The molecule has 0 aliphatic heterocycles. The molecular formula is C15H24N4. The van der Waals surface area contributed by atoms with Crippen molar-refractivity contribution in [1.82, 2.24) is 4.90 Å². The standard InChI is InChI=1S/C15H24N4/c1-12(2)19(3)10-4-9-18-14-5-6-15(17)13(11-14)7-8-16/h5-6,11-12,18H,4,7,9-10,17H2,1-3H3. The van der Waals surface area contributed by atoms with Crippen molar-refractivity contribution < 1.29 is 0 Å². The van der Waals surface area contributed by atoms with Crippen molar-refractivity contribution >= 4 is 11.4 Å². The number of benzene rings is 1. The fraction of sp³-hybridized carbons (Fsp3) is 0.533. The molecule has 1 aromatic carbocycles. The minimum absolute atomic E-state index is 0.359. The second-order valence-electron chi connectivity index (χ2n) is 5.10. The molecule has 1 aromatic rings. The smallest absolute Gasteiger partial charge is 0.0670 e. The molecule has 3 N–H and O–H groups in total. The van der Waals surface area contributed by atoms with Crippen LogP contribution in [-0.4, -0.2) is 31.1 Å². The summed E-state index contributed by atoms with van der Waals surface area (Å²) in [7, 11) is 2.14. The van der Waals surface area contributed by atoms with Crippen LogP contribution >= 0.6 is 0 Å². The largest absolute Gasteiger partial charge is 0.398 e. The van der Waals surface area contributed by atoms with Gasteiger partial charge >= 0.3 is 0 Å². The molecule has 0 bridgehead atoms. The van der Waals surface area contributed by atoms with E-state index >= 15 is 0 Å². The summed E-state index contributed by atoms with van der Waals surface area (Å²) in [5.74, 6) is 0. The molecule has 0 atom stereocenters. The maximum absolute atomic E-state index is 8.73. The third-order valence-electron chi connectivity index (χ3n) is 3.31. The zero-order valence-electron chi connectivity index (χ0n) is 12.1. The summed E-state index contributed by atoms with van der Waals surface area (Å²) >= 11 is 0. The van der Waals surface area contributed by atoms with Gasteiger partial charge in [-0.25, -0.2) is 0 Å². The minimum Gasteiger partial charge on any atom is -0.398 e. The first kappa shape index (κ1) is 15.3. The molecule has 19 heavy (non-hydrogen) atoms. The van der Waals surface area contributed by atoms with Crippen LogP contribution in [0.5, 0.6) is 0 Å². The van der Waals surface area contributed by atoms with Crippen LogP contribution in [-0.2, 0) is 6.42 Å². The fourth-order valence-corrected chi connectivity index (χ4v) is 1.77. The van der Waals surface area contributed by atoms with Crippen molar-refractivity contribution in [3.05, 3.63) is 23.8 Å². The van der Waals surface area contributed by atoms with Crippen molar-refractivity contribution in [3.8, 4) is 6.07 Å². The summed E-state index contributed by atoms with van der Waals surface area (Å²) in [4.78, 5) is 2.33. The Bertz CT molecular complexity index is 434. The molecule has 0 aliphatic carbocycles. The zero-order valence-corrected chi connectivity index (χ0v) is 12.1. The Morgan fingerprint density at radius 2 is 2.16 bits per heavy atom. The Morgan fingerprint density at radius 3 is 2.79 bits per heavy atom. The van der Waals surface area contributed by atoms with Crippen LogP contribution in [0.15, 0.2) is 18.2 Å². The average molecular weight is 260 g/mol. The maximum Gasteiger partial charge on any atom is 0.0670 e. The van der Waals surface area contributed by atoms with Crippen molar-refractivity contribution in [2.75, 3.05) is 31.2 Å². The van der Waals surface area contributed by atoms with Crippen LogP contribution in [0.4, 0.5) is 11.4 Å². The predicted molar refractivity (Wildman–Crippen MR) is 81.0 cm³/mol. The van der Waals surface area contributed by atoms with Gasteiger partial charge in [0.15, 0.2) is 0 Å². The number of nitrogens with two attached hydrogens (primary N) is 1. The van der Waals surface area contributed by atoms with Crippen LogP contribution in [0.25, 0.3) is 0 Å². The van der Waals surface area contributed by atoms with Crippen LogP contribution in [0.1, 0.15) is 25.8 Å². The monoisotopic (exact) mass is 260 g/mol. The van der Waals surface area contributed by atoms with E-state index < -0.39 is 0 Å². The van der Waals surface area contributed by atoms with Gasteiger partial charge < -0.3 is 16.0 Å². The van der Waals surface area contributed by atoms with Crippen molar-refractivity contribution in [2.24, 2.45) is 0 Å². The van der Waals surface area contributed by atoms with Crippen molar-refractivity contribution in [2.45, 2.75) is 32.7 Å². The quantitative estimate of drug-likeness (QED) is 0.584. The summed E-state index contributed by atoms with van der Waals surface area (Å²) < 4.78 is 0. The second-order valence-corrected chi connectivity index (χ2v) is 5.10. The normalized spacial score (nSPS) is 10.7. The van der Waals surface area contributed by atoms with Gasteiger partial charge in [-0.05, 0) is 57.6 Å². The van der Waals surface area contributed by atoms with E-state index in [4.69, 9.17) is 11.0 Å². The fourth-order valence-electron chi connectivity index (χ4n) is 1.77. The van der Waals surface area contributed by atoms with Crippen molar-refractivity contribution in [3.63, 3.8) is 0 Å². The van der Waals surface area contributed by atoms with E-state index in [0.29, 0.717) is 18.2 Å². The van der Waals surface area contributed by atoms with E-state index in [9.17, 15) is 0 Å². The predicted octanol–water partition coefficient (Wildman–Crippen LogP) is 2.48. The third kappa shape index (κ3) is 5.19. The highest BCUT2D eigenvalue weighted by Gasteiger charge is 2.03. The molecule has 0 fully saturated rings. The van der Waals surface area contributed by atoms with Gasteiger partial charge in [-0.2, -0.15) is 5.26 Å². The molecule has 0 heterocycles. The Morgan fingerprint density at radius 1 is 1.42 bits per heavy atom. The molecule has 0 saturated heterocycles. The molecule has 0 radical (unpaired) electrons. The van der Waals surface area contributed by atoms with Gasteiger partial charge in [0, 0.05) is 24.0 Å². The molecule has 0 spiro atoms. The number of nitriles is 1. The van der Waals surface area contributed by atoms with E-state index in [1.165, 1.54) is 0 Å². The third-order valence-corrected chi connectivity index (χ3v) is 3.31. The highest BCUT2D eigenvalue weighted by molar-refractivity contribution is 5.57. The number of nitrogen functional groups attached to an aromatic ring is 1. The molecule has 0 aliphatic rings. The van der Waals surface area contributed by atoms with Crippen LogP contribution < -0.4 is 11.1 Å². The summed E-state index contributed by atoms with van der Waals surface area (Å²) in [5, 5.41) is 12.1. The molecule has 0 unspecified atom stereocenters. The summed E-state index contributed by atoms with van der Waals surface area (Å²) in [6.07, 6.45) is 1.45. The number of nitrogens with zero attached hydrogens (tertiary/aromatic N) is 2. The molecule has 104 valence electrons. The summed E-state index contributed by atoms with van der Waals surface area (Å²) in [6, 6.07) is 8.49. The van der Waals surface area contributed by atoms with E-state index in [1.807, 2.05) is 18.2 Å². The summed E-state index contributed by atoms with van der Waals surface area (Å²) in [5.41, 5.74) is 8.43. The van der Waals surface area contributed by atoms with E-state index in [-0.39, 0.29) is 0 Å². The molecular weight excluding hydrogens is 236 g/mol. The van der Waals surface area contributed by atoms with Gasteiger partial charge in [0.05, 0.1) is 12.5 Å². The first-order chi connectivity index (χ1) is 9.04. The first-order valence-electron chi connectivity index (χ1n) is 6.74. The van der Waals surface area contributed by atoms with Gasteiger partial charge in [-0.3, -0.25) is 0 Å². The lowest BCUT2D eigenvalue weighted by Crippen LogP contribution is -2.28. The topological polar surface area (TPSA) is 65.1 Å². The Hall–Kier alpha value is -1.73. The van der Waals surface area contributed by atoms with Crippen LogP contribution in [0, 0.1) is 11.3 Å². The molecule has 4 nitrogen and oxygen atoms in total. The molecule has 4 heteroatoms. The number of hydrogen-bond donors (Lipinski definition) is 2. The lowest BCUT2D eigenvalue weighted by Gasteiger charge is -2.20. The van der Waals surface area contributed by atoms with E-state index in [0.717, 1.165) is 30.8 Å². The van der Waals surface area contributed by atoms with E-state index in [1.54, 1.807) is 0 Å². The van der Waals surface area contributed by atoms with Gasteiger partial charge in [-0.1, -0.05) is 0 Å². The van der Waals surface area contributed by atoms with Gasteiger partial charge in [0.25, 0.3) is 0 Å². The summed E-state index contributed by atoms with van der Waals surface area (Å²) in [6.45, 7) is 6.39. The van der Waals surface area contributed by atoms with Gasteiger partial charge in [0.1, 0.15) is 0 Å². The van der Waals surface area contributed by atoms with Gasteiger partial charge in [-0.15, -0.1) is 0 Å². The molecule has 1 rings (SSSR count). The number of rotatable bonds is 7. The second kappa shape index (κ2) is 7.65. The molecule has 0 amide bonds. The lowest BCUT2D eigenvalue weighted by molar-refractivity contribution is 0.273. The Kier molecular flexibility index (Phi) is 6.17. The van der Waals surface area contributed by atoms with Crippen molar-refractivity contribution in [1.29, 1.82) is 5.26 Å². The highest BCUT2D eigenvalue weighted by Crippen LogP contribution is 2.18. The maximum atomic E-state index is 8.73. The SMILES string of the molecule is CC(C)N(C)CCCNc1ccc(N)c(CC#N)c1. The minimum atomic E-state index is 0.359. The van der Waals surface area contributed by atoms with Gasteiger partial charge in [0.2, 0.25) is 0 Å². The average Bonchev–Trinajstić information content (AvgIpc) is 2.38. The number of nitrogens with one attached hydrogen (secondary N) is 1.